The number of hydrogen-bond acceptors (Lipinski definition) is 6. The average molecular weight is 449 g/mol. The highest BCUT2D eigenvalue weighted by molar-refractivity contribution is 8.00. The third-order valence-corrected chi connectivity index (χ3v) is 4.83. The summed E-state index contributed by atoms with van der Waals surface area (Å²) in [6.07, 6.45) is -4.78. The highest BCUT2D eigenvalue weighted by atomic mass is 35.5. The second-order valence-corrected chi connectivity index (χ2v) is 6.84. The summed E-state index contributed by atoms with van der Waals surface area (Å²) in [5, 5.41) is 13.5. The lowest BCUT2D eigenvalue weighted by molar-refractivity contribution is -0.384. The smallest absolute Gasteiger partial charge is 0.416 e. The molecule has 7 nitrogen and oxygen atoms in total. The first-order chi connectivity index (χ1) is 13.6. The van der Waals surface area contributed by atoms with Crippen LogP contribution in [0, 0.1) is 10.1 Å². The molecule has 154 valence electrons. The molecule has 0 aliphatic rings. The standard InChI is InChI=1S/C17H12ClF3N2O5S/c18-11-3-1-2-4-14(11)29-9-16(25)28-8-15(24)22-12-6-5-10(17(19,20)21)7-13(12)23(26)27/h1-7H,8-9H2,(H,22,24). The number of nitro groups is 1. The predicted octanol–water partition coefficient (Wildman–Crippen LogP) is 4.54. The maximum atomic E-state index is 12.7. The Morgan fingerprint density at radius 3 is 2.52 bits per heavy atom. The number of halogens is 4. The quantitative estimate of drug-likeness (QED) is 0.289. The van der Waals surface area contributed by atoms with Gasteiger partial charge in [-0.25, -0.2) is 0 Å². The van der Waals surface area contributed by atoms with Gasteiger partial charge < -0.3 is 10.1 Å². The predicted molar refractivity (Wildman–Crippen MR) is 99.9 cm³/mol. The van der Waals surface area contributed by atoms with Gasteiger partial charge in [-0.05, 0) is 24.3 Å². The van der Waals surface area contributed by atoms with Crippen molar-refractivity contribution in [2.75, 3.05) is 17.7 Å². The van der Waals surface area contributed by atoms with E-state index in [-0.39, 0.29) is 5.75 Å². The van der Waals surface area contributed by atoms with E-state index in [9.17, 15) is 32.9 Å². The van der Waals surface area contributed by atoms with Crippen molar-refractivity contribution in [1.29, 1.82) is 0 Å². The first-order valence-electron chi connectivity index (χ1n) is 7.76. The minimum atomic E-state index is -4.78. The Kier molecular flexibility index (Phi) is 7.46. The van der Waals surface area contributed by atoms with Crippen molar-refractivity contribution in [1.82, 2.24) is 0 Å². The molecule has 0 aliphatic carbocycles. The number of nitrogens with zero attached hydrogens (tertiary/aromatic N) is 1. The first kappa shape index (κ1) is 22.5. The van der Waals surface area contributed by atoms with E-state index in [0.717, 1.165) is 17.8 Å². The number of amides is 1. The van der Waals surface area contributed by atoms with Crippen LogP contribution in [0.5, 0.6) is 0 Å². The number of anilines is 1. The van der Waals surface area contributed by atoms with Crippen molar-refractivity contribution < 1.29 is 32.4 Å². The molecule has 1 N–H and O–H groups in total. The van der Waals surface area contributed by atoms with Crippen LogP contribution in [0.1, 0.15) is 5.56 Å². The highest BCUT2D eigenvalue weighted by Crippen LogP contribution is 2.35. The average Bonchev–Trinajstić information content (AvgIpc) is 2.65. The zero-order chi connectivity index (χ0) is 21.6. The van der Waals surface area contributed by atoms with Gasteiger partial charge in [0.05, 0.1) is 21.3 Å². The van der Waals surface area contributed by atoms with Crippen LogP contribution in [0.4, 0.5) is 24.5 Å². The van der Waals surface area contributed by atoms with Gasteiger partial charge in [0.25, 0.3) is 11.6 Å². The lowest BCUT2D eigenvalue weighted by atomic mass is 10.1. The van der Waals surface area contributed by atoms with Crippen molar-refractivity contribution in [3.63, 3.8) is 0 Å². The number of alkyl halides is 3. The fourth-order valence-electron chi connectivity index (χ4n) is 2.04. The number of rotatable bonds is 7. The van der Waals surface area contributed by atoms with Crippen molar-refractivity contribution in [2.45, 2.75) is 11.1 Å². The summed E-state index contributed by atoms with van der Waals surface area (Å²) in [7, 11) is 0. The van der Waals surface area contributed by atoms with Gasteiger partial charge in [-0.15, -0.1) is 11.8 Å². The van der Waals surface area contributed by atoms with Crippen molar-refractivity contribution in [3.8, 4) is 0 Å². The van der Waals surface area contributed by atoms with Crippen LogP contribution in [-0.4, -0.2) is 29.2 Å². The number of nitro benzene ring substituents is 1. The summed E-state index contributed by atoms with van der Waals surface area (Å²) in [6, 6.07) is 8.43. The van der Waals surface area contributed by atoms with Gasteiger partial charge in [0.2, 0.25) is 0 Å². The molecule has 0 unspecified atom stereocenters. The Hall–Kier alpha value is -2.79. The number of nitrogens with one attached hydrogen (secondary N) is 1. The summed E-state index contributed by atoms with van der Waals surface area (Å²) < 4.78 is 42.8. The summed E-state index contributed by atoms with van der Waals surface area (Å²) >= 11 is 7.03. The molecule has 0 heterocycles. The molecule has 0 fully saturated rings. The molecule has 12 heteroatoms. The number of carbonyl (C=O) groups is 2. The molecule has 2 aromatic carbocycles. The van der Waals surface area contributed by atoms with E-state index in [2.05, 4.69) is 5.32 Å². The third-order valence-electron chi connectivity index (χ3n) is 3.34. The molecule has 0 spiro atoms. The minimum absolute atomic E-state index is 0.141. The van der Waals surface area contributed by atoms with Gasteiger partial charge in [0.1, 0.15) is 5.69 Å². The van der Waals surface area contributed by atoms with E-state index in [4.69, 9.17) is 16.3 Å². The first-order valence-corrected chi connectivity index (χ1v) is 9.12. The molecule has 2 rings (SSSR count). The van der Waals surface area contributed by atoms with Gasteiger partial charge in [0, 0.05) is 11.0 Å². The van der Waals surface area contributed by atoms with Crippen molar-refractivity contribution in [2.24, 2.45) is 0 Å². The summed E-state index contributed by atoms with van der Waals surface area (Å²) in [4.78, 5) is 34.1. The zero-order valence-corrected chi connectivity index (χ0v) is 15.9. The number of ether oxygens (including phenoxy) is 1. The van der Waals surface area contributed by atoms with E-state index in [1.54, 1.807) is 24.3 Å². The molecule has 0 aromatic heterocycles. The van der Waals surface area contributed by atoms with Crippen molar-refractivity contribution >= 4 is 46.6 Å². The van der Waals surface area contributed by atoms with Crippen LogP contribution in [-0.2, 0) is 20.5 Å². The summed E-state index contributed by atoms with van der Waals surface area (Å²) in [5.74, 6) is -1.83. The van der Waals surface area contributed by atoms with Gasteiger partial charge in [0.15, 0.2) is 6.61 Å². The van der Waals surface area contributed by atoms with Crippen LogP contribution < -0.4 is 5.32 Å². The fourth-order valence-corrected chi connectivity index (χ4v) is 3.07. The van der Waals surface area contributed by atoms with Crippen LogP contribution in [0.3, 0.4) is 0 Å². The Morgan fingerprint density at radius 2 is 1.90 bits per heavy atom. The highest BCUT2D eigenvalue weighted by Gasteiger charge is 2.33. The topological polar surface area (TPSA) is 98.5 Å². The molecule has 0 aliphatic heterocycles. The Morgan fingerprint density at radius 1 is 1.21 bits per heavy atom. The van der Waals surface area contributed by atoms with Gasteiger partial charge in [-0.2, -0.15) is 13.2 Å². The molecule has 1 amide bonds. The van der Waals surface area contributed by atoms with Crippen LogP contribution in [0.2, 0.25) is 5.02 Å². The van der Waals surface area contributed by atoms with Gasteiger partial charge >= 0.3 is 12.1 Å². The summed E-state index contributed by atoms with van der Waals surface area (Å²) in [5.41, 5.74) is -2.62. The lowest BCUT2D eigenvalue weighted by Crippen LogP contribution is -2.22. The molecule has 2 aromatic rings. The molecule has 0 atom stereocenters. The molecular weight excluding hydrogens is 437 g/mol. The number of esters is 1. The normalized spacial score (nSPS) is 11.0. The van der Waals surface area contributed by atoms with E-state index in [1.165, 1.54) is 0 Å². The van der Waals surface area contributed by atoms with E-state index in [1.807, 2.05) is 0 Å². The third kappa shape index (κ3) is 6.64. The zero-order valence-electron chi connectivity index (χ0n) is 14.4. The second-order valence-electron chi connectivity index (χ2n) is 5.41. The van der Waals surface area contributed by atoms with Gasteiger partial charge in [-0.3, -0.25) is 19.7 Å². The summed E-state index contributed by atoms with van der Waals surface area (Å²) in [6.45, 7) is -0.764. The molecule has 0 bridgehead atoms. The molecule has 0 radical (unpaired) electrons. The molecular formula is C17H12ClF3N2O5S. The Bertz CT molecular complexity index is 940. The number of thioether (sulfide) groups is 1. The van der Waals surface area contributed by atoms with Crippen molar-refractivity contribution in [3.05, 3.63) is 63.2 Å². The largest absolute Gasteiger partial charge is 0.455 e. The SMILES string of the molecule is O=C(COC(=O)CSc1ccccc1Cl)Nc1ccc(C(F)(F)F)cc1[N+](=O)[O-]. The minimum Gasteiger partial charge on any atom is -0.455 e. The van der Waals surface area contributed by atoms with Gasteiger partial charge in [-0.1, -0.05) is 23.7 Å². The second kappa shape index (κ2) is 9.61. The maximum absolute atomic E-state index is 12.7. The van der Waals surface area contributed by atoms with E-state index < -0.39 is 46.5 Å². The molecule has 0 saturated carbocycles. The maximum Gasteiger partial charge on any atom is 0.416 e. The Labute approximate surface area is 171 Å². The number of benzene rings is 2. The van der Waals surface area contributed by atoms with Crippen LogP contribution in [0.25, 0.3) is 0 Å². The number of hydrogen-bond donors (Lipinski definition) is 1. The Balaban J connectivity index is 1.92. The molecule has 29 heavy (non-hydrogen) atoms. The fraction of sp³-hybridized carbons (Fsp3) is 0.176. The van der Waals surface area contributed by atoms with E-state index >= 15 is 0 Å². The number of carbonyl (C=O) groups excluding carboxylic acids is 2. The lowest BCUT2D eigenvalue weighted by Gasteiger charge is -2.10. The van der Waals surface area contributed by atoms with Crippen LogP contribution >= 0.6 is 23.4 Å². The monoisotopic (exact) mass is 448 g/mol. The van der Waals surface area contributed by atoms with Crippen LogP contribution in [0.15, 0.2) is 47.4 Å². The van der Waals surface area contributed by atoms with E-state index in [0.29, 0.717) is 22.1 Å². The molecule has 0 saturated heterocycles.